The Hall–Kier alpha value is -2.09. The van der Waals surface area contributed by atoms with Gasteiger partial charge in [-0.25, -0.2) is 0 Å². The molecule has 0 aliphatic carbocycles. The van der Waals surface area contributed by atoms with Gasteiger partial charge in [-0.3, -0.25) is 4.79 Å². The van der Waals surface area contributed by atoms with Gasteiger partial charge in [-0.15, -0.1) is 0 Å². The molecule has 2 aromatic rings. The fraction of sp³-hybridized carbons (Fsp3) is 0.167. The lowest BCUT2D eigenvalue weighted by molar-refractivity contribution is -0.130. The van der Waals surface area contributed by atoms with Crippen molar-refractivity contribution in [3.63, 3.8) is 0 Å². The fourth-order valence-corrected chi connectivity index (χ4v) is 2.15. The smallest absolute Gasteiger partial charge is 0.255 e. The number of aliphatic hydroxyl groups is 1. The summed E-state index contributed by atoms with van der Waals surface area (Å²) >= 11 is 3.44. The Morgan fingerprint density at radius 2 is 1.77 bits per heavy atom. The summed E-state index contributed by atoms with van der Waals surface area (Å²) in [5, 5.41) is 12.5. The molecule has 1 amide bonds. The summed E-state index contributed by atoms with van der Waals surface area (Å²) in [4.78, 5) is 11.9. The van der Waals surface area contributed by atoms with Crippen LogP contribution in [0.15, 0.2) is 53.0 Å². The fourth-order valence-electron chi connectivity index (χ4n) is 1.69. The highest BCUT2D eigenvalue weighted by atomic mass is 79.9. The molecule has 0 saturated heterocycles. The standard InChI is InChI=1S/C18H16BrNO2/c1-18(2,22)17(21)20-16-10-6-9-15(19)14(16)12-11-13-7-4-3-5-8-13/h3-10,22H,1-2H3,(H,20,21). The molecule has 2 rings (SSSR count). The van der Waals surface area contributed by atoms with Gasteiger partial charge in [0.25, 0.3) is 5.91 Å². The van der Waals surface area contributed by atoms with Crippen LogP contribution in [-0.2, 0) is 4.79 Å². The van der Waals surface area contributed by atoms with Gasteiger partial charge < -0.3 is 10.4 Å². The second kappa shape index (κ2) is 6.78. The zero-order valence-corrected chi connectivity index (χ0v) is 13.9. The second-order valence-corrected chi connectivity index (χ2v) is 6.15. The van der Waals surface area contributed by atoms with Gasteiger partial charge in [0.2, 0.25) is 0 Å². The van der Waals surface area contributed by atoms with Crippen LogP contribution in [-0.4, -0.2) is 16.6 Å². The number of carbonyl (C=O) groups is 1. The number of hydrogen-bond acceptors (Lipinski definition) is 2. The summed E-state index contributed by atoms with van der Waals surface area (Å²) in [6.45, 7) is 2.88. The van der Waals surface area contributed by atoms with E-state index in [0.717, 1.165) is 10.0 Å². The van der Waals surface area contributed by atoms with Gasteiger partial charge in [-0.2, -0.15) is 0 Å². The summed E-state index contributed by atoms with van der Waals surface area (Å²) in [7, 11) is 0. The predicted octanol–water partition coefficient (Wildman–Crippen LogP) is 3.56. The molecule has 22 heavy (non-hydrogen) atoms. The molecule has 0 heterocycles. The maximum absolute atomic E-state index is 11.9. The van der Waals surface area contributed by atoms with E-state index in [0.29, 0.717) is 11.3 Å². The Morgan fingerprint density at radius 1 is 1.09 bits per heavy atom. The van der Waals surface area contributed by atoms with Crippen LogP contribution in [0.1, 0.15) is 25.0 Å². The van der Waals surface area contributed by atoms with E-state index in [1.165, 1.54) is 13.8 Å². The molecule has 0 spiro atoms. The Morgan fingerprint density at radius 3 is 2.41 bits per heavy atom. The molecular formula is C18H16BrNO2. The number of nitrogens with one attached hydrogen (secondary N) is 1. The van der Waals surface area contributed by atoms with Crippen LogP contribution in [0.5, 0.6) is 0 Å². The van der Waals surface area contributed by atoms with Crippen LogP contribution in [0.25, 0.3) is 0 Å². The van der Waals surface area contributed by atoms with E-state index in [9.17, 15) is 9.90 Å². The van der Waals surface area contributed by atoms with E-state index in [-0.39, 0.29) is 0 Å². The molecule has 0 radical (unpaired) electrons. The van der Waals surface area contributed by atoms with E-state index < -0.39 is 11.5 Å². The molecule has 0 fully saturated rings. The minimum Gasteiger partial charge on any atom is -0.381 e. The number of halogens is 1. The van der Waals surface area contributed by atoms with Crippen molar-refractivity contribution in [3.8, 4) is 11.8 Å². The zero-order valence-electron chi connectivity index (χ0n) is 12.4. The van der Waals surface area contributed by atoms with Crippen LogP contribution < -0.4 is 5.32 Å². The monoisotopic (exact) mass is 357 g/mol. The Bertz CT molecular complexity index is 737. The van der Waals surface area contributed by atoms with Crippen LogP contribution in [0.3, 0.4) is 0 Å². The first-order chi connectivity index (χ1) is 10.4. The second-order valence-electron chi connectivity index (χ2n) is 5.29. The highest BCUT2D eigenvalue weighted by Crippen LogP contribution is 2.24. The van der Waals surface area contributed by atoms with Crippen molar-refractivity contribution in [1.82, 2.24) is 0 Å². The average molecular weight is 358 g/mol. The van der Waals surface area contributed by atoms with Gasteiger partial charge >= 0.3 is 0 Å². The van der Waals surface area contributed by atoms with Crippen molar-refractivity contribution >= 4 is 27.5 Å². The highest BCUT2D eigenvalue weighted by molar-refractivity contribution is 9.10. The molecule has 2 N–H and O–H groups in total. The van der Waals surface area contributed by atoms with Gasteiger partial charge in [0.1, 0.15) is 5.60 Å². The zero-order chi connectivity index (χ0) is 16.2. The van der Waals surface area contributed by atoms with E-state index in [2.05, 4.69) is 33.1 Å². The van der Waals surface area contributed by atoms with Crippen LogP contribution in [0.2, 0.25) is 0 Å². The Balaban J connectivity index is 2.36. The molecule has 4 heteroatoms. The van der Waals surface area contributed by atoms with Crippen molar-refractivity contribution in [2.75, 3.05) is 5.32 Å². The SMILES string of the molecule is CC(C)(O)C(=O)Nc1cccc(Br)c1C#Cc1ccccc1. The average Bonchev–Trinajstić information content (AvgIpc) is 2.46. The summed E-state index contributed by atoms with van der Waals surface area (Å²) in [6, 6.07) is 15.0. The van der Waals surface area contributed by atoms with Gasteiger partial charge in [0.15, 0.2) is 0 Å². The molecule has 0 atom stereocenters. The number of hydrogen-bond donors (Lipinski definition) is 2. The van der Waals surface area contributed by atoms with Crippen molar-refractivity contribution in [2.45, 2.75) is 19.4 Å². The van der Waals surface area contributed by atoms with Gasteiger partial charge in [0, 0.05) is 10.0 Å². The summed E-state index contributed by atoms with van der Waals surface area (Å²) < 4.78 is 0.782. The van der Waals surface area contributed by atoms with Crippen molar-refractivity contribution in [1.29, 1.82) is 0 Å². The first kappa shape index (κ1) is 16.3. The predicted molar refractivity (Wildman–Crippen MR) is 91.5 cm³/mol. The largest absolute Gasteiger partial charge is 0.381 e. The molecule has 0 aliphatic rings. The maximum atomic E-state index is 11.9. The van der Waals surface area contributed by atoms with Gasteiger partial charge in [-0.05, 0) is 54.0 Å². The number of benzene rings is 2. The van der Waals surface area contributed by atoms with Gasteiger partial charge in [-0.1, -0.05) is 36.1 Å². The number of carbonyl (C=O) groups excluding carboxylic acids is 1. The molecule has 0 saturated carbocycles. The Labute approximate surface area is 138 Å². The molecule has 2 aromatic carbocycles. The lowest BCUT2D eigenvalue weighted by Gasteiger charge is -2.17. The van der Waals surface area contributed by atoms with Crippen LogP contribution in [0, 0.1) is 11.8 Å². The molecular weight excluding hydrogens is 342 g/mol. The van der Waals surface area contributed by atoms with Crippen LogP contribution in [0.4, 0.5) is 5.69 Å². The number of rotatable bonds is 2. The van der Waals surface area contributed by atoms with Crippen molar-refractivity contribution in [3.05, 3.63) is 64.1 Å². The molecule has 0 unspecified atom stereocenters. The lowest BCUT2D eigenvalue weighted by atomic mass is 10.1. The molecule has 112 valence electrons. The molecule has 3 nitrogen and oxygen atoms in total. The normalized spacial score (nSPS) is 10.5. The molecule has 0 bridgehead atoms. The van der Waals surface area contributed by atoms with E-state index in [4.69, 9.17) is 0 Å². The third kappa shape index (κ3) is 4.20. The van der Waals surface area contributed by atoms with E-state index >= 15 is 0 Å². The van der Waals surface area contributed by atoms with Crippen LogP contribution >= 0.6 is 15.9 Å². The Kier molecular flexibility index (Phi) is 5.02. The van der Waals surface area contributed by atoms with Crippen molar-refractivity contribution < 1.29 is 9.90 Å². The first-order valence-corrected chi connectivity index (χ1v) is 7.56. The maximum Gasteiger partial charge on any atom is 0.255 e. The summed E-state index contributed by atoms with van der Waals surface area (Å²) in [6.07, 6.45) is 0. The molecule has 0 aliphatic heterocycles. The highest BCUT2D eigenvalue weighted by Gasteiger charge is 2.24. The van der Waals surface area contributed by atoms with E-state index in [1.54, 1.807) is 12.1 Å². The minimum atomic E-state index is -1.45. The summed E-state index contributed by atoms with van der Waals surface area (Å²) in [5.41, 5.74) is 0.666. The van der Waals surface area contributed by atoms with E-state index in [1.807, 2.05) is 36.4 Å². The molecule has 0 aromatic heterocycles. The van der Waals surface area contributed by atoms with Crippen molar-refractivity contribution in [2.24, 2.45) is 0 Å². The first-order valence-electron chi connectivity index (χ1n) is 6.77. The lowest BCUT2D eigenvalue weighted by Crippen LogP contribution is -2.36. The summed E-state index contributed by atoms with van der Waals surface area (Å²) in [5.74, 6) is 5.64. The third-order valence-corrected chi connectivity index (χ3v) is 3.58. The van der Waals surface area contributed by atoms with Gasteiger partial charge in [0.05, 0.1) is 11.3 Å². The minimum absolute atomic E-state index is 0.478. The quantitative estimate of drug-likeness (QED) is 0.807. The number of amides is 1. The number of anilines is 1. The third-order valence-electron chi connectivity index (χ3n) is 2.92. The topological polar surface area (TPSA) is 49.3 Å².